The van der Waals surface area contributed by atoms with Crippen LogP contribution in [0.25, 0.3) is 0 Å². The van der Waals surface area contributed by atoms with E-state index in [4.69, 9.17) is 9.47 Å². The quantitative estimate of drug-likeness (QED) is 0.816. The lowest BCUT2D eigenvalue weighted by atomic mass is 9.90. The molecule has 0 aliphatic rings. The molecule has 21 heavy (non-hydrogen) atoms. The second-order valence-corrected chi connectivity index (χ2v) is 4.81. The highest BCUT2D eigenvalue weighted by atomic mass is 16.5. The number of methoxy groups -OCH3 is 1. The first-order valence-corrected chi connectivity index (χ1v) is 7.00. The Kier molecular flexibility index (Phi) is 5.76. The molecular weight excluding hydrogens is 272 g/mol. The molecule has 1 aromatic carbocycles. The summed E-state index contributed by atoms with van der Waals surface area (Å²) in [4.78, 5) is 23.8. The molecule has 1 aromatic rings. The Morgan fingerprint density at radius 2 is 1.71 bits per heavy atom. The fourth-order valence-corrected chi connectivity index (χ4v) is 2.56. The van der Waals surface area contributed by atoms with E-state index in [1.165, 1.54) is 7.11 Å². The van der Waals surface area contributed by atoms with Crippen LogP contribution < -0.4 is 4.74 Å². The summed E-state index contributed by atoms with van der Waals surface area (Å²) in [5.41, 5.74) is 2.07. The Bertz CT molecular complexity index is 561. The first-order chi connectivity index (χ1) is 9.90. The fraction of sp³-hybridized carbons (Fsp3) is 0.500. The van der Waals surface area contributed by atoms with E-state index in [2.05, 4.69) is 0 Å². The Morgan fingerprint density at radius 3 is 2.14 bits per heavy atom. The lowest BCUT2D eigenvalue weighted by molar-refractivity contribution is 0.0502. The van der Waals surface area contributed by atoms with Crippen LogP contribution in [0.15, 0.2) is 0 Å². The Morgan fingerprint density at radius 1 is 1.10 bits per heavy atom. The molecule has 0 aliphatic heterocycles. The van der Waals surface area contributed by atoms with E-state index in [0.29, 0.717) is 47.5 Å². The highest BCUT2D eigenvalue weighted by Crippen LogP contribution is 2.34. The highest BCUT2D eigenvalue weighted by molar-refractivity contribution is 6.00. The molecule has 1 rings (SSSR count). The van der Waals surface area contributed by atoms with Crippen molar-refractivity contribution in [1.82, 2.24) is 0 Å². The van der Waals surface area contributed by atoms with Gasteiger partial charge in [0.15, 0.2) is 0 Å². The molecule has 0 fully saturated rings. The molecule has 116 valence electrons. The second kappa shape index (κ2) is 7.11. The lowest BCUT2D eigenvalue weighted by Crippen LogP contribution is -2.17. The summed E-state index contributed by atoms with van der Waals surface area (Å²) in [6.45, 7) is 7.43. The Hall–Kier alpha value is -2.04. The van der Waals surface area contributed by atoms with E-state index in [1.807, 2.05) is 13.8 Å². The summed E-state index contributed by atoms with van der Waals surface area (Å²) in [7, 11) is 1.48. The van der Waals surface area contributed by atoms with Crippen molar-refractivity contribution in [2.24, 2.45) is 0 Å². The molecule has 0 aliphatic carbocycles. The Labute approximate surface area is 124 Å². The van der Waals surface area contributed by atoms with Gasteiger partial charge in [-0.3, -0.25) is 0 Å². The van der Waals surface area contributed by atoms with E-state index in [1.54, 1.807) is 13.8 Å². The molecule has 0 amide bonds. The average Bonchev–Trinajstić information content (AvgIpc) is 2.43. The molecule has 5 nitrogen and oxygen atoms in total. The predicted molar refractivity (Wildman–Crippen MR) is 79.4 cm³/mol. The predicted octanol–water partition coefficient (Wildman–Crippen LogP) is 3.14. The molecule has 0 radical (unpaired) electrons. The monoisotopic (exact) mass is 294 g/mol. The van der Waals surface area contributed by atoms with Gasteiger partial charge in [0.25, 0.3) is 0 Å². The maximum absolute atomic E-state index is 12.3. The third-order valence-electron chi connectivity index (χ3n) is 3.45. The zero-order valence-electron chi connectivity index (χ0n) is 13.2. The van der Waals surface area contributed by atoms with Crippen molar-refractivity contribution in [3.8, 4) is 5.75 Å². The smallest absolute Gasteiger partial charge is 0.338 e. The molecule has 1 N–H and O–H groups in total. The van der Waals surface area contributed by atoms with E-state index < -0.39 is 11.9 Å². The van der Waals surface area contributed by atoms with Gasteiger partial charge in [0.05, 0.1) is 24.8 Å². The number of esters is 1. The second-order valence-electron chi connectivity index (χ2n) is 4.81. The molecule has 0 aromatic heterocycles. The first kappa shape index (κ1) is 17.0. The van der Waals surface area contributed by atoms with Crippen LogP contribution in [0.4, 0.5) is 0 Å². The van der Waals surface area contributed by atoms with Crippen molar-refractivity contribution in [2.45, 2.75) is 40.5 Å². The van der Waals surface area contributed by atoms with Gasteiger partial charge in [-0.1, -0.05) is 13.8 Å². The van der Waals surface area contributed by atoms with Crippen LogP contribution in [0, 0.1) is 13.8 Å². The first-order valence-electron chi connectivity index (χ1n) is 7.00. The van der Waals surface area contributed by atoms with Gasteiger partial charge >= 0.3 is 11.9 Å². The largest absolute Gasteiger partial charge is 0.496 e. The molecular formula is C16H22O5. The van der Waals surface area contributed by atoms with Gasteiger partial charge in [-0.25, -0.2) is 9.59 Å². The number of hydrogen-bond donors (Lipinski definition) is 1. The molecule has 0 bridgehead atoms. The van der Waals surface area contributed by atoms with Gasteiger partial charge in [-0.15, -0.1) is 0 Å². The minimum atomic E-state index is -1.07. The zero-order valence-corrected chi connectivity index (χ0v) is 13.2. The third kappa shape index (κ3) is 3.17. The fourth-order valence-electron chi connectivity index (χ4n) is 2.56. The van der Waals surface area contributed by atoms with Crippen LogP contribution in [-0.4, -0.2) is 30.8 Å². The number of carboxylic acid groups (broad SMARTS) is 1. The van der Waals surface area contributed by atoms with Gasteiger partial charge in [-0.2, -0.15) is 0 Å². The number of benzene rings is 1. The maximum Gasteiger partial charge on any atom is 0.338 e. The summed E-state index contributed by atoms with van der Waals surface area (Å²) in [6, 6.07) is 0. The molecule has 0 atom stereocenters. The third-order valence-corrected chi connectivity index (χ3v) is 3.45. The van der Waals surface area contributed by atoms with Crippen molar-refractivity contribution < 1.29 is 24.2 Å². The van der Waals surface area contributed by atoms with Crippen LogP contribution >= 0.6 is 0 Å². The van der Waals surface area contributed by atoms with Crippen molar-refractivity contribution in [3.05, 3.63) is 27.8 Å². The van der Waals surface area contributed by atoms with Gasteiger partial charge in [0, 0.05) is 11.1 Å². The van der Waals surface area contributed by atoms with Gasteiger partial charge < -0.3 is 14.6 Å². The molecule has 0 unspecified atom stereocenters. The summed E-state index contributed by atoms with van der Waals surface area (Å²) in [5, 5.41) is 9.40. The van der Waals surface area contributed by atoms with E-state index in [0.717, 1.165) is 0 Å². The summed E-state index contributed by atoms with van der Waals surface area (Å²) >= 11 is 0. The molecule has 5 heteroatoms. The average molecular weight is 294 g/mol. The van der Waals surface area contributed by atoms with Crippen molar-refractivity contribution in [3.63, 3.8) is 0 Å². The summed E-state index contributed by atoms with van der Waals surface area (Å²) < 4.78 is 10.5. The van der Waals surface area contributed by atoms with E-state index in [-0.39, 0.29) is 5.56 Å². The van der Waals surface area contributed by atoms with Gasteiger partial charge in [0.2, 0.25) is 0 Å². The number of carbonyl (C=O) groups excluding carboxylic acids is 1. The normalized spacial score (nSPS) is 10.3. The van der Waals surface area contributed by atoms with Gasteiger partial charge in [0.1, 0.15) is 5.75 Å². The topological polar surface area (TPSA) is 72.8 Å². The van der Waals surface area contributed by atoms with Crippen LogP contribution in [0.5, 0.6) is 5.75 Å². The number of hydrogen-bond acceptors (Lipinski definition) is 4. The lowest BCUT2D eigenvalue weighted by Gasteiger charge is -2.19. The zero-order chi connectivity index (χ0) is 16.2. The van der Waals surface area contributed by atoms with Crippen molar-refractivity contribution in [2.75, 3.05) is 13.7 Å². The summed E-state index contributed by atoms with van der Waals surface area (Å²) in [5.74, 6) is -1.12. The number of carbonyl (C=O) groups is 2. The molecule has 0 heterocycles. The van der Waals surface area contributed by atoms with Crippen LogP contribution in [0.2, 0.25) is 0 Å². The SMILES string of the molecule is CCCOC(=O)c1c(C)c(C(=O)O)c(C)c(OC)c1CC. The summed E-state index contributed by atoms with van der Waals surface area (Å²) in [6.07, 6.45) is 1.27. The minimum absolute atomic E-state index is 0.104. The number of ether oxygens (including phenoxy) is 2. The van der Waals surface area contributed by atoms with E-state index >= 15 is 0 Å². The number of carboxylic acids is 1. The van der Waals surface area contributed by atoms with Crippen molar-refractivity contribution in [1.29, 1.82) is 0 Å². The van der Waals surface area contributed by atoms with E-state index in [9.17, 15) is 14.7 Å². The van der Waals surface area contributed by atoms with Crippen LogP contribution in [0.1, 0.15) is 57.7 Å². The molecule has 0 saturated heterocycles. The Balaban J connectivity index is 3.63. The number of rotatable bonds is 6. The highest BCUT2D eigenvalue weighted by Gasteiger charge is 2.27. The van der Waals surface area contributed by atoms with Crippen molar-refractivity contribution >= 4 is 11.9 Å². The molecule has 0 saturated carbocycles. The molecule has 0 spiro atoms. The van der Waals surface area contributed by atoms with Crippen LogP contribution in [-0.2, 0) is 11.2 Å². The minimum Gasteiger partial charge on any atom is -0.496 e. The standard InChI is InChI=1S/C16H22O5/c1-6-8-21-16(19)13-9(3)12(15(17)18)10(4)14(20-5)11(13)7-2/h6-8H2,1-5H3,(H,17,18). The van der Waals surface area contributed by atoms with Crippen LogP contribution in [0.3, 0.4) is 0 Å². The number of aromatic carboxylic acids is 1. The van der Waals surface area contributed by atoms with Gasteiger partial charge in [-0.05, 0) is 32.3 Å². The maximum atomic E-state index is 12.3.